The van der Waals surface area contributed by atoms with Crippen LogP contribution in [0, 0.1) is 0 Å². The van der Waals surface area contributed by atoms with Crippen molar-refractivity contribution < 1.29 is 9.53 Å². The number of rotatable bonds is 2. The number of nitrogens with zero attached hydrogens (tertiary/aromatic N) is 2. The van der Waals surface area contributed by atoms with Crippen molar-refractivity contribution in [2.45, 2.75) is 31.2 Å². The van der Waals surface area contributed by atoms with Crippen molar-refractivity contribution >= 4 is 17.8 Å². The van der Waals surface area contributed by atoms with E-state index in [-0.39, 0.29) is 11.9 Å². The largest absolute Gasteiger partial charge is 0.497 e. The Labute approximate surface area is 147 Å². The molecule has 3 aliphatic rings. The van der Waals surface area contributed by atoms with Gasteiger partial charge in [0.1, 0.15) is 5.75 Å². The monoisotopic (exact) mass is 332 g/mol. The molecule has 2 heterocycles. The molecule has 126 valence electrons. The van der Waals surface area contributed by atoms with Gasteiger partial charge in [0.05, 0.1) is 12.8 Å². The van der Waals surface area contributed by atoms with Crippen molar-refractivity contribution in [3.63, 3.8) is 0 Å². The summed E-state index contributed by atoms with van der Waals surface area (Å²) >= 11 is 0. The summed E-state index contributed by atoms with van der Waals surface area (Å²) < 4.78 is 5.38. The smallest absolute Gasteiger partial charge is 0.254 e. The topological polar surface area (TPSA) is 41.9 Å². The van der Waals surface area contributed by atoms with Gasteiger partial charge in [0.15, 0.2) is 0 Å². The van der Waals surface area contributed by atoms with Crippen LogP contribution in [0.1, 0.15) is 39.4 Å². The Kier molecular flexibility index (Phi) is 3.20. The summed E-state index contributed by atoms with van der Waals surface area (Å²) in [6, 6.07) is 12.5. The minimum atomic E-state index is 0.155. The number of carbonyl (C=O) groups excluding carboxylic acids is 1. The van der Waals surface area contributed by atoms with Crippen molar-refractivity contribution in [2.75, 3.05) is 13.7 Å². The Morgan fingerprint density at radius 2 is 2.12 bits per heavy atom. The van der Waals surface area contributed by atoms with Gasteiger partial charge in [0, 0.05) is 36.7 Å². The maximum atomic E-state index is 13.1. The third-order valence-corrected chi connectivity index (χ3v) is 5.86. The van der Waals surface area contributed by atoms with E-state index in [9.17, 15) is 4.79 Å². The van der Waals surface area contributed by atoms with E-state index >= 15 is 0 Å². The molecule has 5 rings (SSSR count). The van der Waals surface area contributed by atoms with Crippen LogP contribution in [0.4, 0.5) is 5.69 Å². The summed E-state index contributed by atoms with van der Waals surface area (Å²) in [5, 5.41) is 0. The summed E-state index contributed by atoms with van der Waals surface area (Å²) in [4.78, 5) is 19.5. The number of fused-ring (bicyclic) bond motifs is 4. The molecule has 25 heavy (non-hydrogen) atoms. The van der Waals surface area contributed by atoms with E-state index in [2.05, 4.69) is 22.0 Å². The van der Waals surface area contributed by atoms with Crippen molar-refractivity contribution in [1.82, 2.24) is 4.90 Å². The number of amides is 1. The molecule has 0 N–H and O–H groups in total. The molecule has 4 nitrogen and oxygen atoms in total. The number of hydrogen-bond acceptors (Lipinski definition) is 3. The molecule has 0 spiro atoms. The molecule has 2 unspecified atom stereocenters. The molecule has 4 heteroatoms. The van der Waals surface area contributed by atoms with Gasteiger partial charge in [-0.2, -0.15) is 0 Å². The van der Waals surface area contributed by atoms with Crippen LogP contribution in [0.2, 0.25) is 0 Å². The number of hydrogen-bond donors (Lipinski definition) is 0. The lowest BCUT2D eigenvalue weighted by Gasteiger charge is -2.24. The summed E-state index contributed by atoms with van der Waals surface area (Å²) in [6.45, 7) is 0.832. The lowest BCUT2D eigenvalue weighted by Crippen LogP contribution is -2.36. The first-order chi connectivity index (χ1) is 12.2. The third kappa shape index (κ3) is 2.20. The Hall–Kier alpha value is -2.62. The molecule has 0 radical (unpaired) electrons. The minimum absolute atomic E-state index is 0.155. The highest BCUT2D eigenvalue weighted by atomic mass is 16.5. The second kappa shape index (κ2) is 5.45. The highest BCUT2D eigenvalue weighted by Crippen LogP contribution is 2.44. The first-order valence-electron chi connectivity index (χ1n) is 8.88. The minimum Gasteiger partial charge on any atom is -0.497 e. The molecule has 1 fully saturated rings. The Morgan fingerprint density at radius 1 is 1.20 bits per heavy atom. The molecule has 1 aliphatic carbocycles. The van der Waals surface area contributed by atoms with Gasteiger partial charge in [0.2, 0.25) is 0 Å². The van der Waals surface area contributed by atoms with Crippen LogP contribution in [0.3, 0.4) is 0 Å². The number of methoxy groups -OCH3 is 1. The van der Waals surface area contributed by atoms with E-state index in [0.717, 1.165) is 48.4 Å². The number of carbonyl (C=O) groups is 1. The molecular formula is C21H20N2O2. The average Bonchev–Trinajstić information content (AvgIpc) is 3.34. The first kappa shape index (κ1) is 14.7. The van der Waals surface area contributed by atoms with Gasteiger partial charge in [-0.05, 0) is 59.9 Å². The van der Waals surface area contributed by atoms with Crippen LogP contribution in [0.5, 0.6) is 5.75 Å². The van der Waals surface area contributed by atoms with E-state index in [1.807, 2.05) is 30.5 Å². The maximum Gasteiger partial charge on any atom is 0.254 e. The van der Waals surface area contributed by atoms with E-state index in [1.54, 1.807) is 7.11 Å². The second-order valence-corrected chi connectivity index (χ2v) is 7.09. The van der Waals surface area contributed by atoms with Gasteiger partial charge in [-0.3, -0.25) is 9.79 Å². The van der Waals surface area contributed by atoms with E-state index in [0.29, 0.717) is 5.92 Å². The SMILES string of the molecule is COc1ccc2c(c1)C1CCN(C(=O)c3ccc4c(c3)CC=N4)C1C2. The quantitative estimate of drug-likeness (QED) is 0.844. The van der Waals surface area contributed by atoms with E-state index in [1.165, 1.54) is 11.1 Å². The second-order valence-electron chi connectivity index (χ2n) is 7.09. The van der Waals surface area contributed by atoms with Crippen LogP contribution in [0.15, 0.2) is 41.4 Å². The zero-order valence-electron chi connectivity index (χ0n) is 14.2. The first-order valence-corrected chi connectivity index (χ1v) is 8.88. The molecule has 2 aliphatic heterocycles. The van der Waals surface area contributed by atoms with Crippen LogP contribution < -0.4 is 4.74 Å². The van der Waals surface area contributed by atoms with Gasteiger partial charge in [0.25, 0.3) is 5.91 Å². The highest BCUT2D eigenvalue weighted by Gasteiger charge is 2.43. The Balaban J connectivity index is 1.42. The van der Waals surface area contributed by atoms with Gasteiger partial charge in [-0.25, -0.2) is 0 Å². The van der Waals surface area contributed by atoms with Crippen LogP contribution in [-0.2, 0) is 12.8 Å². The van der Waals surface area contributed by atoms with Gasteiger partial charge in [-0.15, -0.1) is 0 Å². The van der Waals surface area contributed by atoms with Crippen molar-refractivity contribution in [3.8, 4) is 5.75 Å². The van der Waals surface area contributed by atoms with E-state index < -0.39 is 0 Å². The predicted octanol–water partition coefficient (Wildman–Crippen LogP) is 3.51. The summed E-state index contributed by atoms with van der Waals surface area (Å²) in [5.41, 5.74) is 5.66. The van der Waals surface area contributed by atoms with E-state index in [4.69, 9.17) is 4.74 Å². The normalized spacial score (nSPS) is 22.7. The molecule has 1 saturated heterocycles. The zero-order valence-corrected chi connectivity index (χ0v) is 14.2. The fourth-order valence-electron chi connectivity index (χ4n) is 4.59. The maximum absolute atomic E-state index is 13.1. The fraction of sp³-hybridized carbons (Fsp3) is 0.333. The number of benzene rings is 2. The molecule has 0 bridgehead atoms. The van der Waals surface area contributed by atoms with Crippen molar-refractivity contribution in [3.05, 3.63) is 58.7 Å². The van der Waals surface area contributed by atoms with Crippen molar-refractivity contribution in [1.29, 1.82) is 0 Å². The van der Waals surface area contributed by atoms with Crippen molar-refractivity contribution in [2.24, 2.45) is 4.99 Å². The van der Waals surface area contributed by atoms with Crippen LogP contribution in [-0.4, -0.2) is 36.7 Å². The van der Waals surface area contributed by atoms with Crippen LogP contribution >= 0.6 is 0 Å². The lowest BCUT2D eigenvalue weighted by atomic mass is 9.98. The molecular weight excluding hydrogens is 312 g/mol. The lowest BCUT2D eigenvalue weighted by molar-refractivity contribution is 0.0735. The third-order valence-electron chi connectivity index (χ3n) is 5.86. The molecule has 1 amide bonds. The van der Waals surface area contributed by atoms with Gasteiger partial charge in [-0.1, -0.05) is 6.07 Å². The average molecular weight is 332 g/mol. The number of ether oxygens (including phenoxy) is 1. The van der Waals surface area contributed by atoms with Gasteiger partial charge >= 0.3 is 0 Å². The summed E-state index contributed by atoms with van der Waals surface area (Å²) in [6.07, 6.45) is 4.72. The molecule has 2 aromatic carbocycles. The summed E-state index contributed by atoms with van der Waals surface area (Å²) in [7, 11) is 1.70. The molecule has 2 aromatic rings. The highest BCUT2D eigenvalue weighted by molar-refractivity contribution is 5.96. The number of likely N-dealkylation sites (tertiary alicyclic amines) is 1. The standard InChI is InChI=1S/C21H20N2O2/c1-25-16-4-2-13-11-20-17(18(13)12-16)7-9-23(20)21(24)15-3-5-19-14(10-15)6-8-22-19/h2-5,8,10,12,17,20H,6-7,9,11H2,1H3. The summed E-state index contributed by atoms with van der Waals surface area (Å²) in [5.74, 6) is 1.50. The Bertz CT molecular complexity index is 903. The Morgan fingerprint density at radius 3 is 3.00 bits per heavy atom. The zero-order chi connectivity index (χ0) is 17.0. The molecule has 0 aromatic heterocycles. The van der Waals surface area contributed by atoms with Gasteiger partial charge < -0.3 is 9.64 Å². The predicted molar refractivity (Wildman–Crippen MR) is 97.2 cm³/mol. The van der Waals surface area contributed by atoms with Crippen LogP contribution in [0.25, 0.3) is 0 Å². The fourth-order valence-corrected chi connectivity index (χ4v) is 4.59. The molecule has 0 saturated carbocycles. The molecule has 2 atom stereocenters. The number of aliphatic imine (C=N–C) groups is 1.